The molecule has 1 heterocycles. The van der Waals surface area contributed by atoms with Gasteiger partial charge in [-0.2, -0.15) is 0 Å². The third-order valence-corrected chi connectivity index (χ3v) is 3.28. The summed E-state index contributed by atoms with van der Waals surface area (Å²) in [5.41, 5.74) is 1.51. The van der Waals surface area contributed by atoms with Crippen LogP contribution in [0.5, 0.6) is 0 Å². The molecule has 1 unspecified atom stereocenters. The van der Waals surface area contributed by atoms with Gasteiger partial charge in [0, 0.05) is 16.5 Å². The summed E-state index contributed by atoms with van der Waals surface area (Å²) in [4.78, 5) is 4.48. The van der Waals surface area contributed by atoms with E-state index >= 15 is 0 Å². The minimum atomic E-state index is -0.699. The van der Waals surface area contributed by atoms with Gasteiger partial charge in [-0.25, -0.2) is 4.98 Å². The molecule has 0 bridgehead atoms. The predicted molar refractivity (Wildman–Crippen MR) is 75.5 cm³/mol. The molecule has 1 N–H and O–H groups in total. The third kappa shape index (κ3) is 3.07. The van der Waals surface area contributed by atoms with Crippen molar-refractivity contribution in [1.29, 1.82) is 0 Å². The number of nitrogens with zero attached hydrogens (tertiary/aromatic N) is 1. The van der Waals surface area contributed by atoms with Crippen molar-refractivity contribution in [2.24, 2.45) is 0 Å². The molecule has 0 aliphatic carbocycles. The average molecular weight is 310 g/mol. The number of hydrogen-bond acceptors (Lipinski definition) is 3. The van der Waals surface area contributed by atoms with E-state index in [0.717, 1.165) is 21.8 Å². The summed E-state index contributed by atoms with van der Waals surface area (Å²) in [5, 5.41) is 11.1. The molecule has 18 heavy (non-hydrogen) atoms. The Morgan fingerprint density at radius 2 is 2.17 bits per heavy atom. The van der Waals surface area contributed by atoms with Crippen molar-refractivity contribution in [3.05, 3.63) is 40.5 Å². The van der Waals surface area contributed by atoms with Gasteiger partial charge in [-0.15, -0.1) is 0 Å². The highest BCUT2D eigenvalue weighted by Crippen LogP contribution is 2.26. The molecule has 0 aliphatic rings. The number of halogens is 1. The molecule has 0 fully saturated rings. The lowest BCUT2D eigenvalue weighted by molar-refractivity contribution is 0.0340. The maximum absolute atomic E-state index is 10.1. The maximum atomic E-state index is 10.1. The lowest BCUT2D eigenvalue weighted by Crippen LogP contribution is -2.10. The number of aliphatic hydroxyl groups is 1. The molecule has 2 rings (SSSR count). The molecule has 0 saturated carbocycles. The highest BCUT2D eigenvalue weighted by Gasteiger charge is 2.14. The van der Waals surface area contributed by atoms with E-state index in [1.165, 1.54) is 0 Å². The number of pyridine rings is 1. The molecule has 1 aromatic heterocycles. The van der Waals surface area contributed by atoms with Crippen LogP contribution in [0.1, 0.15) is 25.1 Å². The van der Waals surface area contributed by atoms with Crippen LogP contribution in [-0.4, -0.2) is 23.3 Å². The first-order valence-electron chi connectivity index (χ1n) is 6.03. The first-order valence-corrected chi connectivity index (χ1v) is 6.82. The van der Waals surface area contributed by atoms with Gasteiger partial charge in [0.1, 0.15) is 6.10 Å². The maximum Gasteiger partial charge on any atom is 0.120 e. The van der Waals surface area contributed by atoms with E-state index in [9.17, 15) is 5.11 Å². The van der Waals surface area contributed by atoms with Crippen LogP contribution in [-0.2, 0) is 4.74 Å². The minimum Gasteiger partial charge on any atom is -0.384 e. The van der Waals surface area contributed by atoms with Crippen LogP contribution >= 0.6 is 15.9 Å². The van der Waals surface area contributed by atoms with E-state index in [0.29, 0.717) is 12.3 Å². The van der Waals surface area contributed by atoms with E-state index < -0.39 is 6.10 Å². The van der Waals surface area contributed by atoms with Gasteiger partial charge >= 0.3 is 0 Å². The monoisotopic (exact) mass is 309 g/mol. The van der Waals surface area contributed by atoms with E-state index in [4.69, 9.17) is 4.74 Å². The standard InChI is InChI=1S/C14H16BrNO2/c1-2-7-18-9-13(17)14-11(15)8-10-5-3-4-6-12(10)16-14/h3-6,8,13,17H,2,7,9H2,1H3. The van der Waals surface area contributed by atoms with Crippen molar-refractivity contribution in [3.8, 4) is 0 Å². The van der Waals surface area contributed by atoms with E-state index in [-0.39, 0.29) is 6.61 Å². The summed E-state index contributed by atoms with van der Waals surface area (Å²) >= 11 is 3.45. The fourth-order valence-electron chi connectivity index (χ4n) is 1.76. The number of ether oxygens (including phenoxy) is 1. The summed E-state index contributed by atoms with van der Waals surface area (Å²) in [6.07, 6.45) is 0.245. The fourth-order valence-corrected chi connectivity index (χ4v) is 2.36. The van der Waals surface area contributed by atoms with Gasteiger partial charge in [-0.1, -0.05) is 25.1 Å². The third-order valence-electron chi connectivity index (χ3n) is 2.64. The Hall–Kier alpha value is -0.970. The average Bonchev–Trinajstić information content (AvgIpc) is 2.38. The molecule has 0 radical (unpaired) electrons. The first kappa shape index (κ1) is 13.5. The molecule has 1 atom stereocenters. The Bertz CT molecular complexity index is 530. The molecule has 0 amide bonds. The quantitative estimate of drug-likeness (QED) is 0.860. The van der Waals surface area contributed by atoms with Gasteiger partial charge in [0.15, 0.2) is 0 Å². The zero-order chi connectivity index (χ0) is 13.0. The molecule has 0 aliphatic heterocycles. The number of benzene rings is 1. The minimum absolute atomic E-state index is 0.276. The van der Waals surface area contributed by atoms with Gasteiger partial charge in [-0.3, -0.25) is 0 Å². The van der Waals surface area contributed by atoms with Gasteiger partial charge < -0.3 is 9.84 Å². The van der Waals surface area contributed by atoms with Crippen molar-refractivity contribution >= 4 is 26.8 Å². The van der Waals surface area contributed by atoms with Crippen LogP contribution in [0.25, 0.3) is 10.9 Å². The van der Waals surface area contributed by atoms with Crippen molar-refractivity contribution in [2.45, 2.75) is 19.4 Å². The van der Waals surface area contributed by atoms with Crippen molar-refractivity contribution in [2.75, 3.05) is 13.2 Å². The predicted octanol–water partition coefficient (Wildman–Crippen LogP) is 3.46. The van der Waals surface area contributed by atoms with Crippen LogP contribution < -0.4 is 0 Å². The Morgan fingerprint density at radius 1 is 1.39 bits per heavy atom. The summed E-state index contributed by atoms with van der Waals surface area (Å²) in [6.45, 7) is 2.97. The topological polar surface area (TPSA) is 42.4 Å². The van der Waals surface area contributed by atoms with E-state index in [2.05, 4.69) is 20.9 Å². The molecule has 4 heteroatoms. The Labute approximate surface area is 115 Å². The smallest absolute Gasteiger partial charge is 0.120 e. The second-order valence-electron chi connectivity index (χ2n) is 4.14. The Balaban J connectivity index is 2.24. The number of para-hydroxylation sites is 1. The zero-order valence-electron chi connectivity index (χ0n) is 10.3. The van der Waals surface area contributed by atoms with Crippen LogP contribution in [0.3, 0.4) is 0 Å². The highest BCUT2D eigenvalue weighted by molar-refractivity contribution is 9.10. The van der Waals surface area contributed by atoms with E-state index in [1.807, 2.05) is 37.3 Å². The molecular formula is C14H16BrNO2. The zero-order valence-corrected chi connectivity index (χ0v) is 11.9. The molecule has 2 aromatic rings. The molecule has 3 nitrogen and oxygen atoms in total. The SMILES string of the molecule is CCCOCC(O)c1nc2ccccc2cc1Br. The Morgan fingerprint density at radius 3 is 2.94 bits per heavy atom. The number of aromatic nitrogens is 1. The molecule has 0 saturated heterocycles. The van der Waals surface area contributed by atoms with Gasteiger partial charge in [-0.05, 0) is 34.5 Å². The number of aliphatic hydroxyl groups excluding tert-OH is 1. The first-order chi connectivity index (χ1) is 8.72. The molecule has 96 valence electrons. The van der Waals surface area contributed by atoms with Crippen molar-refractivity contribution in [3.63, 3.8) is 0 Å². The van der Waals surface area contributed by atoms with Crippen LogP contribution in [0, 0.1) is 0 Å². The van der Waals surface area contributed by atoms with E-state index in [1.54, 1.807) is 0 Å². The summed E-state index contributed by atoms with van der Waals surface area (Å²) in [6, 6.07) is 9.81. The molecular weight excluding hydrogens is 294 g/mol. The summed E-state index contributed by atoms with van der Waals surface area (Å²) in [5.74, 6) is 0. The number of hydrogen-bond donors (Lipinski definition) is 1. The second kappa shape index (κ2) is 6.27. The van der Waals surface area contributed by atoms with Gasteiger partial charge in [0.05, 0.1) is 17.8 Å². The lowest BCUT2D eigenvalue weighted by atomic mass is 10.1. The molecule has 0 spiro atoms. The number of rotatable bonds is 5. The summed E-state index contributed by atoms with van der Waals surface area (Å²) in [7, 11) is 0. The highest BCUT2D eigenvalue weighted by atomic mass is 79.9. The lowest BCUT2D eigenvalue weighted by Gasteiger charge is -2.13. The largest absolute Gasteiger partial charge is 0.384 e. The normalized spacial score (nSPS) is 12.8. The van der Waals surface area contributed by atoms with Crippen molar-refractivity contribution in [1.82, 2.24) is 4.98 Å². The molecule has 1 aromatic carbocycles. The van der Waals surface area contributed by atoms with Crippen LogP contribution in [0.15, 0.2) is 34.8 Å². The number of fused-ring (bicyclic) bond motifs is 1. The van der Waals surface area contributed by atoms with Crippen LogP contribution in [0.4, 0.5) is 0 Å². The van der Waals surface area contributed by atoms with Crippen LogP contribution in [0.2, 0.25) is 0 Å². The fraction of sp³-hybridized carbons (Fsp3) is 0.357. The second-order valence-corrected chi connectivity index (χ2v) is 4.99. The van der Waals surface area contributed by atoms with Gasteiger partial charge in [0.2, 0.25) is 0 Å². The Kier molecular flexibility index (Phi) is 4.69. The van der Waals surface area contributed by atoms with Crippen molar-refractivity contribution < 1.29 is 9.84 Å². The summed E-state index contributed by atoms with van der Waals surface area (Å²) < 4.78 is 6.17. The van der Waals surface area contributed by atoms with Gasteiger partial charge in [0.25, 0.3) is 0 Å².